The van der Waals surface area contributed by atoms with Gasteiger partial charge in [-0.1, -0.05) is 0 Å². The number of carboxylic acid groups (broad SMARTS) is 1. The van der Waals surface area contributed by atoms with Crippen LogP contribution in [0.5, 0.6) is 0 Å². The van der Waals surface area contributed by atoms with E-state index in [4.69, 9.17) is 5.11 Å². The summed E-state index contributed by atoms with van der Waals surface area (Å²) < 4.78 is 12.6. The Balaban J connectivity index is 2.28. The molecule has 1 aliphatic rings. The summed E-state index contributed by atoms with van der Waals surface area (Å²) >= 11 is 0. The molecule has 0 radical (unpaired) electrons. The van der Waals surface area contributed by atoms with Gasteiger partial charge in [-0.05, 0) is 18.9 Å². The van der Waals surface area contributed by atoms with Crippen LogP contribution < -0.4 is 5.32 Å². The van der Waals surface area contributed by atoms with Crippen LogP contribution in [0.4, 0.5) is 4.39 Å². The Morgan fingerprint density at radius 2 is 2.36 bits per heavy atom. The first-order valence-electron chi connectivity index (χ1n) is 3.75. The lowest BCUT2D eigenvalue weighted by Crippen LogP contribution is -2.38. The summed E-state index contributed by atoms with van der Waals surface area (Å²) in [6.45, 7) is 1.00. The van der Waals surface area contributed by atoms with Gasteiger partial charge in [-0.25, -0.2) is 4.39 Å². The summed E-state index contributed by atoms with van der Waals surface area (Å²) in [7, 11) is 0. The van der Waals surface area contributed by atoms with Gasteiger partial charge in [-0.15, -0.1) is 0 Å². The van der Waals surface area contributed by atoms with Gasteiger partial charge in [0, 0.05) is 13.0 Å². The molecule has 0 aromatic carbocycles. The summed E-state index contributed by atoms with van der Waals surface area (Å²) in [5.74, 6) is -0.873. The fourth-order valence-electron chi connectivity index (χ4n) is 1.37. The highest BCUT2D eigenvalue weighted by Gasteiger charge is 2.22. The van der Waals surface area contributed by atoms with Crippen LogP contribution in [-0.4, -0.2) is 30.3 Å². The largest absolute Gasteiger partial charge is 0.481 e. The number of hydrogen-bond acceptors (Lipinski definition) is 2. The molecule has 0 saturated carbocycles. The number of piperidine rings is 1. The average Bonchev–Trinajstić information content (AvgIpc) is 1.85. The topological polar surface area (TPSA) is 49.3 Å². The molecule has 0 aliphatic carbocycles. The van der Waals surface area contributed by atoms with E-state index >= 15 is 0 Å². The van der Waals surface area contributed by atoms with Crippen LogP contribution in [0.3, 0.4) is 0 Å². The zero-order chi connectivity index (χ0) is 8.27. The minimum absolute atomic E-state index is 0.0313. The Bertz CT molecular complexity index is 151. The number of alkyl halides is 1. The van der Waals surface area contributed by atoms with Gasteiger partial charge in [0.2, 0.25) is 0 Å². The molecule has 3 nitrogen and oxygen atoms in total. The highest BCUT2D eigenvalue weighted by molar-refractivity contribution is 5.67. The molecular weight excluding hydrogens is 149 g/mol. The molecule has 1 heterocycles. The van der Waals surface area contributed by atoms with E-state index in [1.165, 1.54) is 0 Å². The van der Waals surface area contributed by atoms with E-state index in [9.17, 15) is 9.18 Å². The zero-order valence-electron chi connectivity index (χ0n) is 6.22. The fourth-order valence-corrected chi connectivity index (χ4v) is 1.37. The Morgan fingerprint density at radius 3 is 2.91 bits per heavy atom. The third-order valence-corrected chi connectivity index (χ3v) is 1.85. The summed E-state index contributed by atoms with van der Waals surface area (Å²) in [5.41, 5.74) is 0. The second kappa shape index (κ2) is 3.67. The van der Waals surface area contributed by atoms with E-state index in [-0.39, 0.29) is 12.3 Å². The molecule has 2 unspecified atom stereocenters. The summed E-state index contributed by atoms with van der Waals surface area (Å²) in [6.07, 6.45) is -0.402. The van der Waals surface area contributed by atoms with Gasteiger partial charge in [0.1, 0.15) is 6.17 Å². The summed E-state index contributed by atoms with van der Waals surface area (Å²) in [4.78, 5) is 10.2. The molecule has 64 valence electrons. The molecule has 11 heavy (non-hydrogen) atoms. The van der Waals surface area contributed by atoms with Crippen molar-refractivity contribution in [1.29, 1.82) is 0 Å². The second-order valence-corrected chi connectivity index (χ2v) is 2.96. The number of hydrogen-bond donors (Lipinski definition) is 2. The van der Waals surface area contributed by atoms with Crippen molar-refractivity contribution in [2.45, 2.75) is 19.0 Å². The molecule has 4 heteroatoms. The highest BCUT2D eigenvalue weighted by atomic mass is 19.1. The maximum Gasteiger partial charge on any atom is 0.303 e. The number of carbonyl (C=O) groups is 1. The van der Waals surface area contributed by atoms with Gasteiger partial charge in [0.25, 0.3) is 0 Å². The van der Waals surface area contributed by atoms with Crippen LogP contribution >= 0.6 is 0 Å². The second-order valence-electron chi connectivity index (χ2n) is 2.96. The van der Waals surface area contributed by atoms with Gasteiger partial charge < -0.3 is 10.4 Å². The van der Waals surface area contributed by atoms with Crippen LogP contribution in [0.1, 0.15) is 12.8 Å². The number of aliphatic carboxylic acids is 1. The SMILES string of the molecule is O=C(O)CC1CNCC(F)C1. The van der Waals surface area contributed by atoms with E-state index in [1.54, 1.807) is 0 Å². The van der Waals surface area contributed by atoms with E-state index in [1.807, 2.05) is 0 Å². The molecule has 0 aromatic heterocycles. The van der Waals surface area contributed by atoms with Crippen molar-refractivity contribution in [3.8, 4) is 0 Å². The van der Waals surface area contributed by atoms with Crippen molar-refractivity contribution in [3.05, 3.63) is 0 Å². The van der Waals surface area contributed by atoms with Crippen molar-refractivity contribution in [3.63, 3.8) is 0 Å². The maximum atomic E-state index is 12.6. The molecule has 1 fully saturated rings. The molecule has 1 rings (SSSR count). The number of nitrogens with one attached hydrogen (secondary N) is 1. The first kappa shape index (κ1) is 8.46. The predicted octanol–water partition coefficient (Wildman–Crippen LogP) is 0.409. The van der Waals surface area contributed by atoms with Crippen LogP contribution in [-0.2, 0) is 4.79 Å². The van der Waals surface area contributed by atoms with E-state index in [0.717, 1.165) is 0 Å². The van der Waals surface area contributed by atoms with Crippen LogP contribution in [0, 0.1) is 5.92 Å². The minimum atomic E-state index is -0.867. The first-order chi connectivity index (χ1) is 5.18. The van der Waals surface area contributed by atoms with E-state index in [2.05, 4.69) is 5.32 Å². The third-order valence-electron chi connectivity index (χ3n) is 1.85. The van der Waals surface area contributed by atoms with Gasteiger partial charge in [0.15, 0.2) is 0 Å². The molecule has 0 amide bonds. The number of halogens is 1. The quantitative estimate of drug-likeness (QED) is 0.616. The standard InChI is InChI=1S/C7H12FNO2/c8-6-1-5(2-7(10)11)3-9-4-6/h5-6,9H,1-4H2,(H,10,11). The maximum absolute atomic E-state index is 12.6. The van der Waals surface area contributed by atoms with Crippen molar-refractivity contribution in [1.82, 2.24) is 5.32 Å². The smallest absolute Gasteiger partial charge is 0.303 e. The van der Waals surface area contributed by atoms with E-state index in [0.29, 0.717) is 19.5 Å². The zero-order valence-corrected chi connectivity index (χ0v) is 6.22. The van der Waals surface area contributed by atoms with Crippen LogP contribution in [0.25, 0.3) is 0 Å². The van der Waals surface area contributed by atoms with Gasteiger partial charge in [-0.2, -0.15) is 0 Å². The molecular formula is C7H12FNO2. The lowest BCUT2D eigenvalue weighted by molar-refractivity contribution is -0.138. The van der Waals surface area contributed by atoms with Crippen LogP contribution in [0.15, 0.2) is 0 Å². The van der Waals surface area contributed by atoms with Gasteiger partial charge >= 0.3 is 5.97 Å². The third kappa shape index (κ3) is 2.84. The molecule has 1 saturated heterocycles. The molecule has 2 N–H and O–H groups in total. The molecule has 1 aliphatic heterocycles. The number of rotatable bonds is 2. The minimum Gasteiger partial charge on any atom is -0.481 e. The molecule has 0 bridgehead atoms. The van der Waals surface area contributed by atoms with Crippen molar-refractivity contribution < 1.29 is 14.3 Å². The molecule has 2 atom stereocenters. The summed E-state index contributed by atoms with van der Waals surface area (Å²) in [5, 5.41) is 11.3. The average molecular weight is 161 g/mol. The fraction of sp³-hybridized carbons (Fsp3) is 0.857. The first-order valence-corrected chi connectivity index (χ1v) is 3.75. The Hall–Kier alpha value is -0.640. The van der Waals surface area contributed by atoms with Gasteiger partial charge in [0.05, 0.1) is 0 Å². The molecule has 0 spiro atoms. The Kier molecular flexibility index (Phi) is 2.82. The highest BCUT2D eigenvalue weighted by Crippen LogP contribution is 2.16. The lowest BCUT2D eigenvalue weighted by Gasteiger charge is -2.23. The van der Waals surface area contributed by atoms with Crippen LogP contribution in [0.2, 0.25) is 0 Å². The Labute approximate surface area is 64.6 Å². The number of carboxylic acids is 1. The lowest BCUT2D eigenvalue weighted by atomic mass is 9.95. The predicted molar refractivity (Wildman–Crippen MR) is 38.1 cm³/mol. The van der Waals surface area contributed by atoms with Crippen molar-refractivity contribution >= 4 is 5.97 Å². The van der Waals surface area contributed by atoms with Gasteiger partial charge in [-0.3, -0.25) is 4.79 Å². The summed E-state index contributed by atoms with van der Waals surface area (Å²) in [6, 6.07) is 0. The monoisotopic (exact) mass is 161 g/mol. The normalized spacial score (nSPS) is 31.7. The Morgan fingerprint density at radius 1 is 1.64 bits per heavy atom. The van der Waals surface area contributed by atoms with Crippen molar-refractivity contribution in [2.75, 3.05) is 13.1 Å². The van der Waals surface area contributed by atoms with E-state index < -0.39 is 12.1 Å². The van der Waals surface area contributed by atoms with Crippen molar-refractivity contribution in [2.24, 2.45) is 5.92 Å². The molecule has 0 aromatic rings.